The van der Waals surface area contributed by atoms with E-state index in [0.29, 0.717) is 6.54 Å². The lowest BCUT2D eigenvalue weighted by Gasteiger charge is -2.33. The number of hydrogen-bond donors (Lipinski definition) is 1. The molecule has 0 saturated carbocycles. The summed E-state index contributed by atoms with van der Waals surface area (Å²) in [6.45, 7) is 4.84. The number of rotatable bonds is 4. The minimum atomic E-state index is 0.219. The minimum absolute atomic E-state index is 0.219. The molecule has 0 radical (unpaired) electrons. The van der Waals surface area contributed by atoms with Crippen molar-refractivity contribution >= 4 is 11.6 Å². The van der Waals surface area contributed by atoms with Gasteiger partial charge >= 0.3 is 0 Å². The summed E-state index contributed by atoms with van der Waals surface area (Å²) < 4.78 is 0. The van der Waals surface area contributed by atoms with Crippen molar-refractivity contribution in [3.05, 3.63) is 29.8 Å². The Kier molecular flexibility index (Phi) is 4.98. The van der Waals surface area contributed by atoms with Gasteiger partial charge < -0.3 is 15.5 Å². The van der Waals surface area contributed by atoms with Gasteiger partial charge in [-0.2, -0.15) is 0 Å². The van der Waals surface area contributed by atoms with Gasteiger partial charge in [0.1, 0.15) is 0 Å². The van der Waals surface area contributed by atoms with Gasteiger partial charge in [0.15, 0.2) is 0 Å². The van der Waals surface area contributed by atoms with Crippen LogP contribution in [0.1, 0.15) is 5.56 Å². The normalized spacial score (nSPS) is 16.6. The molecule has 1 saturated heterocycles. The van der Waals surface area contributed by atoms with Crippen LogP contribution in [0.5, 0.6) is 0 Å². The van der Waals surface area contributed by atoms with Gasteiger partial charge in [0, 0.05) is 38.4 Å². The first kappa shape index (κ1) is 14.8. The number of nitrogens with zero attached hydrogens (tertiary/aromatic N) is 3. The van der Waals surface area contributed by atoms with Crippen LogP contribution in [0.15, 0.2) is 24.3 Å². The summed E-state index contributed by atoms with van der Waals surface area (Å²) in [5.74, 6) is 0.219. The van der Waals surface area contributed by atoms with E-state index >= 15 is 0 Å². The minimum Gasteiger partial charge on any atom is -0.399 e. The summed E-state index contributed by atoms with van der Waals surface area (Å²) in [6.07, 6.45) is 0. The Morgan fingerprint density at radius 2 is 1.80 bits per heavy atom. The fraction of sp³-hybridized carbons (Fsp3) is 0.533. The highest BCUT2D eigenvalue weighted by molar-refractivity contribution is 5.78. The number of nitrogen functional groups attached to an aromatic ring is 1. The lowest BCUT2D eigenvalue weighted by atomic mass is 10.2. The van der Waals surface area contributed by atoms with Crippen molar-refractivity contribution in [3.63, 3.8) is 0 Å². The number of likely N-dealkylation sites (N-methyl/N-ethyl adjacent to an activating group) is 2. The summed E-state index contributed by atoms with van der Waals surface area (Å²) in [4.78, 5) is 18.5. The second kappa shape index (κ2) is 6.72. The molecule has 0 atom stereocenters. The first-order valence-electron chi connectivity index (χ1n) is 7.04. The van der Waals surface area contributed by atoms with Crippen LogP contribution in [0.4, 0.5) is 5.69 Å². The van der Waals surface area contributed by atoms with Gasteiger partial charge in [0.2, 0.25) is 5.91 Å². The number of carbonyl (C=O) groups is 1. The highest BCUT2D eigenvalue weighted by Crippen LogP contribution is 2.08. The second-order valence-corrected chi connectivity index (χ2v) is 5.60. The maximum atomic E-state index is 12.2. The van der Waals surface area contributed by atoms with Crippen molar-refractivity contribution in [3.8, 4) is 0 Å². The van der Waals surface area contributed by atoms with Crippen LogP contribution in [0, 0.1) is 0 Å². The number of anilines is 1. The summed E-state index contributed by atoms with van der Waals surface area (Å²) >= 11 is 0. The predicted octanol–water partition coefficient (Wildman–Crippen LogP) is 0.475. The molecule has 1 aliphatic heterocycles. The third-order valence-corrected chi connectivity index (χ3v) is 3.69. The van der Waals surface area contributed by atoms with Crippen LogP contribution in [0.3, 0.4) is 0 Å². The van der Waals surface area contributed by atoms with Gasteiger partial charge in [-0.15, -0.1) is 0 Å². The highest BCUT2D eigenvalue weighted by atomic mass is 16.2. The van der Waals surface area contributed by atoms with E-state index in [9.17, 15) is 4.79 Å². The average molecular weight is 276 g/mol. The molecular formula is C15H24N4O. The molecule has 0 aliphatic carbocycles. The maximum absolute atomic E-state index is 12.2. The lowest BCUT2D eigenvalue weighted by Crippen LogP contribution is -2.49. The second-order valence-electron chi connectivity index (χ2n) is 5.60. The van der Waals surface area contributed by atoms with Crippen molar-refractivity contribution in [1.29, 1.82) is 0 Å². The van der Waals surface area contributed by atoms with Crippen LogP contribution in [-0.2, 0) is 11.3 Å². The fourth-order valence-electron chi connectivity index (χ4n) is 2.38. The first-order chi connectivity index (χ1) is 9.54. The van der Waals surface area contributed by atoms with Gasteiger partial charge in [-0.1, -0.05) is 12.1 Å². The van der Waals surface area contributed by atoms with Gasteiger partial charge in [-0.3, -0.25) is 9.69 Å². The number of benzene rings is 1. The molecule has 0 unspecified atom stereocenters. The van der Waals surface area contributed by atoms with E-state index in [-0.39, 0.29) is 5.91 Å². The molecule has 1 aromatic rings. The molecule has 5 nitrogen and oxygen atoms in total. The lowest BCUT2D eigenvalue weighted by molar-refractivity contribution is -0.133. The number of hydrogen-bond acceptors (Lipinski definition) is 4. The Bertz CT molecular complexity index is 438. The zero-order chi connectivity index (χ0) is 14.5. The largest absolute Gasteiger partial charge is 0.399 e. The van der Waals surface area contributed by atoms with Crippen LogP contribution >= 0.6 is 0 Å². The molecule has 0 spiro atoms. The molecule has 1 fully saturated rings. The van der Waals surface area contributed by atoms with Crippen molar-refractivity contribution in [1.82, 2.24) is 14.7 Å². The number of piperazine rings is 1. The van der Waals surface area contributed by atoms with Crippen molar-refractivity contribution in [2.24, 2.45) is 0 Å². The zero-order valence-electron chi connectivity index (χ0n) is 12.4. The van der Waals surface area contributed by atoms with Gasteiger partial charge in [0.05, 0.1) is 6.54 Å². The fourth-order valence-corrected chi connectivity index (χ4v) is 2.38. The van der Waals surface area contributed by atoms with Crippen LogP contribution in [0.2, 0.25) is 0 Å². The zero-order valence-corrected chi connectivity index (χ0v) is 12.4. The Labute approximate surface area is 120 Å². The standard InChI is InChI=1S/C15H24N4O/c1-17-7-9-19(10-8-17)15(20)12-18(2)11-13-3-5-14(16)6-4-13/h3-6H,7-12,16H2,1-2H3. The predicted molar refractivity (Wildman–Crippen MR) is 81.3 cm³/mol. The quantitative estimate of drug-likeness (QED) is 0.813. The topological polar surface area (TPSA) is 52.8 Å². The smallest absolute Gasteiger partial charge is 0.236 e. The van der Waals surface area contributed by atoms with Crippen molar-refractivity contribution in [2.75, 3.05) is 52.6 Å². The monoisotopic (exact) mass is 276 g/mol. The number of amides is 1. The molecule has 0 aromatic heterocycles. The summed E-state index contributed by atoms with van der Waals surface area (Å²) in [5.41, 5.74) is 7.61. The van der Waals surface area contributed by atoms with Crippen LogP contribution in [0.25, 0.3) is 0 Å². The van der Waals surface area contributed by atoms with Crippen LogP contribution < -0.4 is 5.73 Å². The van der Waals surface area contributed by atoms with E-state index in [2.05, 4.69) is 11.9 Å². The number of carbonyl (C=O) groups excluding carboxylic acids is 1. The van der Waals surface area contributed by atoms with E-state index in [1.165, 1.54) is 5.56 Å². The maximum Gasteiger partial charge on any atom is 0.236 e. The third-order valence-electron chi connectivity index (χ3n) is 3.69. The molecule has 1 amide bonds. The first-order valence-corrected chi connectivity index (χ1v) is 7.04. The Morgan fingerprint density at radius 1 is 1.20 bits per heavy atom. The SMILES string of the molecule is CN1CCN(C(=O)CN(C)Cc2ccc(N)cc2)CC1. The highest BCUT2D eigenvalue weighted by Gasteiger charge is 2.19. The molecule has 20 heavy (non-hydrogen) atoms. The van der Waals surface area contributed by atoms with Crippen molar-refractivity contribution < 1.29 is 4.79 Å². The Hall–Kier alpha value is -1.59. The summed E-state index contributed by atoms with van der Waals surface area (Å²) in [7, 11) is 4.07. The third kappa shape index (κ3) is 4.21. The molecule has 110 valence electrons. The van der Waals surface area contributed by atoms with E-state index in [4.69, 9.17) is 5.73 Å². The summed E-state index contributed by atoms with van der Waals surface area (Å²) in [5, 5.41) is 0. The van der Waals surface area contributed by atoms with E-state index in [0.717, 1.165) is 38.4 Å². The average Bonchev–Trinajstić information content (AvgIpc) is 2.42. The Balaban J connectivity index is 1.80. The number of nitrogens with two attached hydrogens (primary N) is 1. The Morgan fingerprint density at radius 3 is 2.40 bits per heavy atom. The molecule has 5 heteroatoms. The van der Waals surface area contributed by atoms with Gasteiger partial charge in [-0.05, 0) is 31.8 Å². The van der Waals surface area contributed by atoms with E-state index in [1.807, 2.05) is 41.1 Å². The molecule has 1 aliphatic rings. The van der Waals surface area contributed by atoms with Crippen LogP contribution in [-0.4, -0.2) is 67.4 Å². The molecule has 0 bridgehead atoms. The molecule has 1 heterocycles. The van der Waals surface area contributed by atoms with E-state index in [1.54, 1.807) is 0 Å². The van der Waals surface area contributed by atoms with Crippen molar-refractivity contribution in [2.45, 2.75) is 6.54 Å². The van der Waals surface area contributed by atoms with E-state index < -0.39 is 0 Å². The van der Waals surface area contributed by atoms with Gasteiger partial charge in [-0.25, -0.2) is 0 Å². The molecule has 2 rings (SSSR count). The summed E-state index contributed by atoms with van der Waals surface area (Å²) in [6, 6.07) is 7.80. The molecule has 1 aromatic carbocycles. The van der Waals surface area contributed by atoms with Gasteiger partial charge in [0.25, 0.3) is 0 Å². The molecular weight excluding hydrogens is 252 g/mol. The molecule has 2 N–H and O–H groups in total.